The maximum absolute atomic E-state index is 13.2. The van der Waals surface area contributed by atoms with Gasteiger partial charge in [0.25, 0.3) is 5.91 Å². The van der Waals surface area contributed by atoms with Gasteiger partial charge in [0.1, 0.15) is 0 Å². The Morgan fingerprint density at radius 3 is 2.62 bits per heavy atom. The highest BCUT2D eigenvalue weighted by Crippen LogP contribution is 2.52. The first-order valence-corrected chi connectivity index (χ1v) is 11.7. The third-order valence-electron chi connectivity index (χ3n) is 5.56. The van der Waals surface area contributed by atoms with E-state index in [1.807, 2.05) is 7.05 Å². The molecule has 2 aliphatic rings. The highest BCUT2D eigenvalue weighted by Gasteiger charge is 2.33. The second-order valence-corrected chi connectivity index (χ2v) is 10.4. The van der Waals surface area contributed by atoms with Crippen LogP contribution in [0, 0.1) is 0 Å². The lowest BCUT2D eigenvalue weighted by Crippen LogP contribution is -2.28. The van der Waals surface area contributed by atoms with Crippen molar-refractivity contribution in [3.05, 3.63) is 39.9 Å². The van der Waals surface area contributed by atoms with Crippen LogP contribution in [0.2, 0.25) is 5.02 Å². The second kappa shape index (κ2) is 8.43. The molecule has 4 rings (SSSR count). The average molecular weight is 482 g/mol. The fourth-order valence-corrected chi connectivity index (χ4v) is 5.00. The van der Waals surface area contributed by atoms with E-state index in [0.717, 1.165) is 22.0 Å². The Morgan fingerprint density at radius 1 is 1.22 bits per heavy atom. The molecule has 0 atom stereocenters. The van der Waals surface area contributed by atoms with Crippen molar-refractivity contribution in [2.45, 2.75) is 17.9 Å². The lowest BCUT2D eigenvalue weighted by molar-refractivity contribution is 0.102. The molecule has 2 aliphatic heterocycles. The third kappa shape index (κ3) is 3.77. The highest BCUT2D eigenvalue weighted by atomic mass is 35.5. The number of hydrogen-bond donors (Lipinski definition) is 1. The number of anilines is 1. The molecule has 0 saturated carbocycles. The summed E-state index contributed by atoms with van der Waals surface area (Å²) in [5.41, 5.74) is 2.34. The smallest absolute Gasteiger partial charge is 0.257 e. The van der Waals surface area contributed by atoms with Crippen molar-refractivity contribution in [1.29, 1.82) is 0 Å². The Hall–Kier alpha value is -2.53. The number of halogens is 1. The molecule has 1 N–H and O–H groups in total. The van der Waals surface area contributed by atoms with E-state index in [0.29, 0.717) is 35.9 Å². The molecule has 172 valence electrons. The molecule has 1 amide bonds. The monoisotopic (exact) mass is 481 g/mol. The number of nitrogens with one attached hydrogen (secondary N) is 1. The third-order valence-corrected chi connectivity index (χ3v) is 7.70. The Labute approximate surface area is 191 Å². The predicted molar refractivity (Wildman–Crippen MR) is 119 cm³/mol. The van der Waals surface area contributed by atoms with Gasteiger partial charge in [-0.15, -0.1) is 0 Å². The second-order valence-electron chi connectivity index (χ2n) is 7.80. The number of hydrogen-bond acceptors (Lipinski definition) is 7. The fourth-order valence-electron chi connectivity index (χ4n) is 3.87. The van der Waals surface area contributed by atoms with Crippen LogP contribution >= 0.6 is 11.6 Å². The molecule has 9 nitrogen and oxygen atoms in total. The van der Waals surface area contributed by atoms with E-state index in [2.05, 4.69) is 10.2 Å². The molecule has 0 fully saturated rings. The zero-order valence-electron chi connectivity index (χ0n) is 18.2. The van der Waals surface area contributed by atoms with Gasteiger partial charge in [0.05, 0.1) is 28.3 Å². The minimum Gasteiger partial charge on any atom is -0.492 e. The normalized spacial score (nSPS) is 15.6. The molecule has 0 aliphatic carbocycles. The lowest BCUT2D eigenvalue weighted by Gasteiger charge is -2.29. The van der Waals surface area contributed by atoms with Crippen LogP contribution in [0.3, 0.4) is 0 Å². The molecule has 0 radical (unpaired) electrons. The summed E-state index contributed by atoms with van der Waals surface area (Å²) < 4.78 is 43.0. The van der Waals surface area contributed by atoms with Crippen LogP contribution < -0.4 is 19.5 Å². The van der Waals surface area contributed by atoms with Crippen molar-refractivity contribution in [2.75, 3.05) is 46.9 Å². The number of amides is 1. The number of carbonyl (C=O) groups excluding carboxylic acids is 1. The molecule has 2 aromatic rings. The molecule has 11 heteroatoms. The van der Waals surface area contributed by atoms with Crippen LogP contribution in [0.25, 0.3) is 0 Å². The fraction of sp³-hybridized carbons (Fsp3) is 0.381. The molecule has 0 aromatic heterocycles. The molecule has 32 heavy (non-hydrogen) atoms. The summed E-state index contributed by atoms with van der Waals surface area (Å²) in [5.74, 6) is 0.877. The van der Waals surface area contributed by atoms with E-state index < -0.39 is 15.9 Å². The zero-order chi connectivity index (χ0) is 23.2. The van der Waals surface area contributed by atoms with E-state index in [1.165, 1.54) is 32.3 Å². The molecule has 2 aromatic carbocycles. The number of likely N-dealkylation sites (N-methyl/N-ethyl adjacent to an activating group) is 1. The Kier molecular flexibility index (Phi) is 5.97. The lowest BCUT2D eigenvalue weighted by atomic mass is 9.95. The van der Waals surface area contributed by atoms with Gasteiger partial charge in [0.15, 0.2) is 11.5 Å². The van der Waals surface area contributed by atoms with Gasteiger partial charge in [-0.25, -0.2) is 12.7 Å². The first-order chi connectivity index (χ1) is 15.1. The number of sulfonamides is 1. The first-order valence-electron chi connectivity index (χ1n) is 9.88. The maximum atomic E-state index is 13.2. The summed E-state index contributed by atoms with van der Waals surface area (Å²) >= 11 is 6.26. The van der Waals surface area contributed by atoms with Crippen molar-refractivity contribution in [3.8, 4) is 17.2 Å². The minimum absolute atomic E-state index is 0.00458. The Balaban J connectivity index is 1.79. The van der Waals surface area contributed by atoms with Crippen LogP contribution in [-0.2, 0) is 23.0 Å². The Morgan fingerprint density at radius 2 is 1.94 bits per heavy atom. The van der Waals surface area contributed by atoms with Crippen molar-refractivity contribution < 1.29 is 27.4 Å². The van der Waals surface area contributed by atoms with Crippen LogP contribution in [0.4, 0.5) is 5.69 Å². The van der Waals surface area contributed by atoms with E-state index in [1.54, 1.807) is 7.11 Å². The minimum atomic E-state index is -3.73. The van der Waals surface area contributed by atoms with E-state index in [4.69, 9.17) is 25.8 Å². The summed E-state index contributed by atoms with van der Waals surface area (Å²) in [6.07, 6.45) is 0.664. The van der Waals surface area contributed by atoms with Crippen molar-refractivity contribution >= 4 is 33.2 Å². The first kappa shape index (κ1) is 22.7. The zero-order valence-corrected chi connectivity index (χ0v) is 19.8. The van der Waals surface area contributed by atoms with Gasteiger partial charge in [0, 0.05) is 32.7 Å². The average Bonchev–Trinajstić information content (AvgIpc) is 3.23. The quantitative estimate of drug-likeness (QED) is 0.700. The van der Waals surface area contributed by atoms with Crippen LogP contribution in [0.1, 0.15) is 21.5 Å². The van der Waals surface area contributed by atoms with Gasteiger partial charge in [-0.2, -0.15) is 0 Å². The summed E-state index contributed by atoms with van der Waals surface area (Å²) in [5, 5.41) is 3.03. The van der Waals surface area contributed by atoms with Crippen molar-refractivity contribution in [1.82, 2.24) is 9.21 Å². The molecule has 0 unspecified atom stereocenters. The summed E-state index contributed by atoms with van der Waals surface area (Å²) in [6.45, 7) is 1.41. The topological polar surface area (TPSA) is 97.4 Å². The van der Waals surface area contributed by atoms with Crippen LogP contribution in [0.5, 0.6) is 17.2 Å². The van der Waals surface area contributed by atoms with Crippen molar-refractivity contribution in [2.24, 2.45) is 0 Å². The number of benzene rings is 2. The van der Waals surface area contributed by atoms with Gasteiger partial charge in [-0.3, -0.25) is 4.79 Å². The standard InChI is InChI=1S/C21H24ClN3O6S/c1-24(2)32(27,28)12-5-6-16(22)14(9-12)21(26)23-17-13-7-8-25(3)10-15(13)18(29-4)20-19(17)30-11-31-20/h5-6,9H,7-8,10-11H2,1-4H3,(H,23,26). The molecule has 0 saturated heterocycles. The van der Waals surface area contributed by atoms with Crippen molar-refractivity contribution in [3.63, 3.8) is 0 Å². The van der Waals surface area contributed by atoms with Crippen LogP contribution in [0.15, 0.2) is 23.1 Å². The summed E-state index contributed by atoms with van der Waals surface area (Å²) in [6, 6.07) is 4.04. The van der Waals surface area contributed by atoms with E-state index in [-0.39, 0.29) is 22.3 Å². The number of carbonyl (C=O) groups is 1. The highest BCUT2D eigenvalue weighted by molar-refractivity contribution is 7.89. The van der Waals surface area contributed by atoms with Gasteiger partial charge in [0.2, 0.25) is 22.6 Å². The molecular weight excluding hydrogens is 458 g/mol. The van der Waals surface area contributed by atoms with E-state index in [9.17, 15) is 13.2 Å². The van der Waals surface area contributed by atoms with Gasteiger partial charge >= 0.3 is 0 Å². The number of nitrogens with zero attached hydrogens (tertiary/aromatic N) is 2. The van der Waals surface area contributed by atoms with Gasteiger partial charge in [-0.1, -0.05) is 11.6 Å². The summed E-state index contributed by atoms with van der Waals surface area (Å²) in [4.78, 5) is 15.4. The SMILES string of the molecule is COc1c2c(c(NC(=O)c3cc(S(=O)(=O)N(C)C)ccc3Cl)c3c1OCO3)CCN(C)C2. The van der Waals surface area contributed by atoms with E-state index >= 15 is 0 Å². The number of ether oxygens (including phenoxy) is 3. The van der Waals surface area contributed by atoms with Crippen LogP contribution in [-0.4, -0.2) is 65.1 Å². The molecule has 0 spiro atoms. The number of methoxy groups -OCH3 is 1. The molecular formula is C21H24ClN3O6S. The molecule has 2 heterocycles. The summed E-state index contributed by atoms with van der Waals surface area (Å²) in [7, 11) is 2.68. The predicted octanol–water partition coefficient (Wildman–Crippen LogP) is 2.57. The van der Waals surface area contributed by atoms with Gasteiger partial charge in [-0.05, 0) is 37.2 Å². The number of rotatable bonds is 5. The molecule has 0 bridgehead atoms. The number of fused-ring (bicyclic) bond motifs is 2. The Bertz CT molecular complexity index is 1200. The maximum Gasteiger partial charge on any atom is 0.257 e. The van der Waals surface area contributed by atoms with Gasteiger partial charge < -0.3 is 24.4 Å². The largest absolute Gasteiger partial charge is 0.492 e.